The van der Waals surface area contributed by atoms with Crippen LogP contribution in [0, 0.1) is 15.9 Å². The molecule has 0 bridgehead atoms. The number of nitro groups is 1. The molecule has 6 nitrogen and oxygen atoms in total. The van der Waals surface area contributed by atoms with Crippen molar-refractivity contribution in [1.29, 1.82) is 0 Å². The standard InChI is InChI=1S/C14H16FNO5/c15-10-1-2-12(16(17)18)13(7-10)21-11-3-5-20-14(8-11)4-6-19-9-14/h1-2,7,11H,3-6,8-9H2. The van der Waals surface area contributed by atoms with E-state index in [9.17, 15) is 14.5 Å². The molecule has 0 aromatic heterocycles. The van der Waals surface area contributed by atoms with Gasteiger partial charge in [-0.1, -0.05) is 0 Å². The first-order valence-electron chi connectivity index (χ1n) is 6.90. The molecule has 2 heterocycles. The van der Waals surface area contributed by atoms with Gasteiger partial charge in [-0.2, -0.15) is 0 Å². The molecular formula is C14H16FNO5. The van der Waals surface area contributed by atoms with Crippen molar-refractivity contribution in [2.24, 2.45) is 0 Å². The fraction of sp³-hybridized carbons (Fsp3) is 0.571. The van der Waals surface area contributed by atoms with Crippen LogP contribution in [-0.4, -0.2) is 36.4 Å². The summed E-state index contributed by atoms with van der Waals surface area (Å²) in [6.45, 7) is 1.67. The lowest BCUT2D eigenvalue weighted by atomic mass is 9.91. The van der Waals surface area contributed by atoms with Gasteiger partial charge < -0.3 is 14.2 Å². The van der Waals surface area contributed by atoms with Gasteiger partial charge in [-0.05, 0) is 6.07 Å². The van der Waals surface area contributed by atoms with E-state index in [1.54, 1.807) is 0 Å². The summed E-state index contributed by atoms with van der Waals surface area (Å²) in [5.41, 5.74) is -0.579. The molecule has 7 heteroatoms. The number of hydrogen-bond acceptors (Lipinski definition) is 5. The summed E-state index contributed by atoms with van der Waals surface area (Å²) in [6, 6.07) is 3.24. The summed E-state index contributed by atoms with van der Waals surface area (Å²) in [4.78, 5) is 10.4. The molecule has 2 saturated heterocycles. The van der Waals surface area contributed by atoms with Crippen molar-refractivity contribution >= 4 is 5.69 Å². The maximum Gasteiger partial charge on any atom is 0.311 e. The van der Waals surface area contributed by atoms with Crippen molar-refractivity contribution in [3.63, 3.8) is 0 Å². The molecule has 0 saturated carbocycles. The molecule has 1 aromatic carbocycles. The third-order valence-electron chi connectivity index (χ3n) is 3.93. The Labute approximate surface area is 120 Å². The van der Waals surface area contributed by atoms with Crippen LogP contribution in [-0.2, 0) is 9.47 Å². The highest BCUT2D eigenvalue weighted by Crippen LogP contribution is 2.36. The van der Waals surface area contributed by atoms with Crippen molar-refractivity contribution in [3.05, 3.63) is 34.1 Å². The molecule has 0 aliphatic carbocycles. The number of halogens is 1. The van der Waals surface area contributed by atoms with Crippen molar-refractivity contribution in [2.75, 3.05) is 19.8 Å². The molecule has 0 amide bonds. The molecular weight excluding hydrogens is 281 g/mol. The van der Waals surface area contributed by atoms with E-state index >= 15 is 0 Å². The first-order valence-corrected chi connectivity index (χ1v) is 6.90. The lowest BCUT2D eigenvalue weighted by molar-refractivity contribution is -0.386. The maximum absolute atomic E-state index is 13.3. The molecule has 2 atom stereocenters. The Kier molecular flexibility index (Phi) is 3.77. The Morgan fingerprint density at radius 3 is 3.00 bits per heavy atom. The lowest BCUT2D eigenvalue weighted by Gasteiger charge is -2.36. The number of rotatable bonds is 3. The minimum absolute atomic E-state index is 0.0269. The Balaban J connectivity index is 1.77. The van der Waals surface area contributed by atoms with E-state index in [-0.39, 0.29) is 23.1 Å². The smallest absolute Gasteiger partial charge is 0.311 e. The normalized spacial score (nSPS) is 28.7. The number of ether oxygens (including phenoxy) is 3. The van der Waals surface area contributed by atoms with Crippen LogP contribution in [0.4, 0.5) is 10.1 Å². The van der Waals surface area contributed by atoms with Crippen LogP contribution in [0.15, 0.2) is 18.2 Å². The van der Waals surface area contributed by atoms with Crippen LogP contribution in [0.2, 0.25) is 0 Å². The highest BCUT2D eigenvalue weighted by Gasteiger charge is 2.42. The lowest BCUT2D eigenvalue weighted by Crippen LogP contribution is -2.44. The van der Waals surface area contributed by atoms with Gasteiger partial charge in [0.1, 0.15) is 11.9 Å². The zero-order chi connectivity index (χ0) is 14.9. The van der Waals surface area contributed by atoms with E-state index in [1.165, 1.54) is 0 Å². The van der Waals surface area contributed by atoms with Crippen molar-refractivity contribution in [2.45, 2.75) is 31.0 Å². The molecule has 2 aliphatic heterocycles. The SMILES string of the molecule is O=[N+]([O-])c1ccc(F)cc1OC1CCOC2(CCOC2)C1. The van der Waals surface area contributed by atoms with Gasteiger partial charge in [0.25, 0.3) is 0 Å². The Bertz CT molecular complexity index is 544. The van der Waals surface area contributed by atoms with Gasteiger partial charge >= 0.3 is 5.69 Å². The molecule has 2 aliphatic rings. The summed E-state index contributed by atoms with van der Waals surface area (Å²) in [5, 5.41) is 11.0. The van der Waals surface area contributed by atoms with E-state index in [1.807, 2.05) is 0 Å². The second-order valence-electron chi connectivity index (χ2n) is 5.44. The van der Waals surface area contributed by atoms with Gasteiger partial charge in [-0.15, -0.1) is 0 Å². The predicted octanol–water partition coefficient (Wildman–Crippen LogP) is 2.45. The first-order chi connectivity index (χ1) is 10.1. The number of nitro benzene ring substituents is 1. The van der Waals surface area contributed by atoms with Crippen molar-refractivity contribution < 1.29 is 23.5 Å². The minimum Gasteiger partial charge on any atom is -0.483 e. The average molecular weight is 297 g/mol. The fourth-order valence-corrected chi connectivity index (χ4v) is 2.86. The first kappa shape index (κ1) is 14.2. The topological polar surface area (TPSA) is 70.8 Å². The molecule has 2 fully saturated rings. The average Bonchev–Trinajstić information content (AvgIpc) is 2.86. The Morgan fingerprint density at radius 1 is 1.43 bits per heavy atom. The Hall–Kier alpha value is -1.73. The summed E-state index contributed by atoms with van der Waals surface area (Å²) >= 11 is 0. The summed E-state index contributed by atoms with van der Waals surface area (Å²) < 4.78 is 30.2. The summed E-state index contributed by atoms with van der Waals surface area (Å²) in [6.07, 6.45) is 1.77. The van der Waals surface area contributed by atoms with E-state index in [2.05, 4.69) is 0 Å². The van der Waals surface area contributed by atoms with Crippen LogP contribution >= 0.6 is 0 Å². The third-order valence-corrected chi connectivity index (χ3v) is 3.93. The maximum atomic E-state index is 13.3. The molecule has 21 heavy (non-hydrogen) atoms. The quantitative estimate of drug-likeness (QED) is 0.633. The summed E-state index contributed by atoms with van der Waals surface area (Å²) in [7, 11) is 0. The number of hydrogen-bond donors (Lipinski definition) is 0. The molecule has 2 unspecified atom stereocenters. The zero-order valence-corrected chi connectivity index (χ0v) is 11.4. The Morgan fingerprint density at radius 2 is 2.29 bits per heavy atom. The van der Waals surface area contributed by atoms with E-state index in [0.717, 1.165) is 24.6 Å². The second kappa shape index (κ2) is 5.57. The number of benzene rings is 1. The van der Waals surface area contributed by atoms with E-state index in [0.29, 0.717) is 32.7 Å². The highest BCUT2D eigenvalue weighted by molar-refractivity contribution is 5.46. The largest absolute Gasteiger partial charge is 0.483 e. The summed E-state index contributed by atoms with van der Waals surface area (Å²) in [5.74, 6) is -0.581. The minimum atomic E-state index is -0.567. The predicted molar refractivity (Wildman–Crippen MR) is 70.8 cm³/mol. The van der Waals surface area contributed by atoms with Gasteiger partial charge in [0.2, 0.25) is 0 Å². The molecule has 0 radical (unpaired) electrons. The highest BCUT2D eigenvalue weighted by atomic mass is 19.1. The van der Waals surface area contributed by atoms with E-state index in [4.69, 9.17) is 14.2 Å². The fourth-order valence-electron chi connectivity index (χ4n) is 2.86. The zero-order valence-electron chi connectivity index (χ0n) is 11.4. The van der Waals surface area contributed by atoms with Crippen molar-refractivity contribution in [3.8, 4) is 5.75 Å². The molecule has 114 valence electrons. The van der Waals surface area contributed by atoms with Crippen LogP contribution < -0.4 is 4.74 Å². The monoisotopic (exact) mass is 297 g/mol. The second-order valence-corrected chi connectivity index (χ2v) is 5.44. The molecule has 0 N–H and O–H groups in total. The van der Waals surface area contributed by atoms with Crippen LogP contribution in [0.5, 0.6) is 5.75 Å². The van der Waals surface area contributed by atoms with Crippen LogP contribution in [0.3, 0.4) is 0 Å². The van der Waals surface area contributed by atoms with E-state index < -0.39 is 10.7 Å². The third kappa shape index (κ3) is 2.98. The number of nitrogens with zero attached hydrogens (tertiary/aromatic N) is 1. The van der Waals surface area contributed by atoms with Crippen molar-refractivity contribution in [1.82, 2.24) is 0 Å². The molecule has 1 aromatic rings. The van der Waals surface area contributed by atoms with Gasteiger partial charge in [-0.3, -0.25) is 10.1 Å². The van der Waals surface area contributed by atoms with Gasteiger partial charge in [-0.25, -0.2) is 4.39 Å². The van der Waals surface area contributed by atoms with Gasteiger partial charge in [0.15, 0.2) is 5.75 Å². The van der Waals surface area contributed by atoms with Crippen LogP contribution in [0.25, 0.3) is 0 Å². The molecule has 3 rings (SSSR count). The van der Waals surface area contributed by atoms with Gasteiger partial charge in [0, 0.05) is 38.0 Å². The van der Waals surface area contributed by atoms with Crippen LogP contribution in [0.1, 0.15) is 19.3 Å². The molecule has 1 spiro atoms. The van der Waals surface area contributed by atoms with Gasteiger partial charge in [0.05, 0.1) is 23.7 Å².